The SMILES string of the molecule is CCC/C=C\CCCCCCCC(=O)OCC(COC(=O)CCCCCCCCCCCCCCC/C=C\CCCCCCCCCC)OC(=O)CCCCCCCCCCCCCCCCCC. The van der Waals surface area contributed by atoms with Crippen LogP contribution in [0.25, 0.3) is 0 Å². The minimum atomic E-state index is -0.770. The normalized spacial score (nSPS) is 12.1. The summed E-state index contributed by atoms with van der Waals surface area (Å²) in [4.78, 5) is 38.1. The Labute approximate surface area is 430 Å². The molecule has 6 heteroatoms. The van der Waals surface area contributed by atoms with Crippen molar-refractivity contribution in [3.05, 3.63) is 24.3 Å². The van der Waals surface area contributed by atoms with Crippen molar-refractivity contribution in [1.29, 1.82) is 0 Å². The number of ether oxygens (including phenoxy) is 3. The highest BCUT2D eigenvalue weighted by Crippen LogP contribution is 2.17. The predicted octanol–water partition coefficient (Wildman–Crippen LogP) is 20.7. The number of rotatable bonds is 57. The van der Waals surface area contributed by atoms with Crippen molar-refractivity contribution in [2.45, 2.75) is 348 Å². The first-order chi connectivity index (χ1) is 34.0. The van der Waals surface area contributed by atoms with Gasteiger partial charge in [0.25, 0.3) is 0 Å². The molecule has 0 saturated carbocycles. The fourth-order valence-electron chi connectivity index (χ4n) is 9.27. The highest BCUT2D eigenvalue weighted by Gasteiger charge is 2.19. The standard InChI is InChI=1S/C63H118O6/c1-4-7-10-13-16-19-22-24-26-28-29-30-31-32-33-34-35-36-38-39-41-44-47-50-53-56-62(65)68-59-60(58-67-61(64)55-52-49-46-43-21-18-15-12-9-6-3)69-63(66)57-54-51-48-45-42-40-37-27-25-23-20-17-14-11-8-5-2/h12,15,28-29,60H,4-11,13-14,16-27,30-59H2,1-3H3/b15-12-,29-28-. The summed E-state index contributed by atoms with van der Waals surface area (Å²) >= 11 is 0. The Bertz CT molecular complexity index is 1110. The second-order valence-electron chi connectivity index (χ2n) is 21.0. The summed E-state index contributed by atoms with van der Waals surface area (Å²) in [6.07, 6.45) is 69.1. The maximum absolute atomic E-state index is 12.8. The van der Waals surface area contributed by atoms with Gasteiger partial charge in [-0.15, -0.1) is 0 Å². The molecule has 1 unspecified atom stereocenters. The summed E-state index contributed by atoms with van der Waals surface area (Å²) in [5.74, 6) is -0.859. The molecule has 0 N–H and O–H groups in total. The van der Waals surface area contributed by atoms with E-state index in [-0.39, 0.29) is 31.1 Å². The summed E-state index contributed by atoms with van der Waals surface area (Å²) in [5, 5.41) is 0. The molecule has 406 valence electrons. The molecule has 0 heterocycles. The lowest BCUT2D eigenvalue weighted by Gasteiger charge is -2.18. The molecule has 0 aliphatic rings. The van der Waals surface area contributed by atoms with Crippen molar-refractivity contribution >= 4 is 17.9 Å². The molecule has 0 radical (unpaired) electrons. The number of carbonyl (C=O) groups is 3. The van der Waals surface area contributed by atoms with Crippen LogP contribution >= 0.6 is 0 Å². The lowest BCUT2D eigenvalue weighted by Crippen LogP contribution is -2.30. The fraction of sp³-hybridized carbons (Fsp3) is 0.889. The molecule has 0 rings (SSSR count). The highest BCUT2D eigenvalue weighted by atomic mass is 16.6. The predicted molar refractivity (Wildman–Crippen MR) is 298 cm³/mol. The third-order valence-corrected chi connectivity index (χ3v) is 13.9. The van der Waals surface area contributed by atoms with Gasteiger partial charge in [-0.25, -0.2) is 0 Å². The van der Waals surface area contributed by atoms with Gasteiger partial charge in [0.05, 0.1) is 0 Å². The Kier molecular flexibility index (Phi) is 56.7. The van der Waals surface area contributed by atoms with Gasteiger partial charge in [-0.3, -0.25) is 14.4 Å². The van der Waals surface area contributed by atoms with E-state index in [9.17, 15) is 14.4 Å². The van der Waals surface area contributed by atoms with Gasteiger partial charge in [0.2, 0.25) is 0 Å². The summed E-state index contributed by atoms with van der Waals surface area (Å²) in [6.45, 7) is 6.63. The molecule has 0 aromatic carbocycles. The van der Waals surface area contributed by atoms with Crippen LogP contribution in [-0.4, -0.2) is 37.2 Å². The molecule has 0 fully saturated rings. The van der Waals surface area contributed by atoms with Crippen LogP contribution in [0.4, 0.5) is 0 Å². The van der Waals surface area contributed by atoms with E-state index in [1.807, 2.05) is 0 Å². The van der Waals surface area contributed by atoms with Crippen molar-refractivity contribution in [2.24, 2.45) is 0 Å². The van der Waals surface area contributed by atoms with Crippen molar-refractivity contribution < 1.29 is 28.6 Å². The van der Waals surface area contributed by atoms with Crippen molar-refractivity contribution in [1.82, 2.24) is 0 Å². The Balaban J connectivity index is 4.16. The second-order valence-corrected chi connectivity index (χ2v) is 21.0. The summed E-state index contributed by atoms with van der Waals surface area (Å²) < 4.78 is 16.9. The smallest absolute Gasteiger partial charge is 0.306 e. The van der Waals surface area contributed by atoms with E-state index in [1.165, 1.54) is 231 Å². The van der Waals surface area contributed by atoms with Crippen LogP contribution < -0.4 is 0 Å². The molecular weight excluding hydrogens is 853 g/mol. The van der Waals surface area contributed by atoms with E-state index < -0.39 is 6.10 Å². The van der Waals surface area contributed by atoms with E-state index in [0.717, 1.165) is 70.6 Å². The van der Waals surface area contributed by atoms with Gasteiger partial charge in [-0.1, -0.05) is 283 Å². The van der Waals surface area contributed by atoms with Gasteiger partial charge in [-0.05, 0) is 64.2 Å². The summed E-state index contributed by atoms with van der Waals surface area (Å²) in [5.41, 5.74) is 0. The van der Waals surface area contributed by atoms with Crippen molar-refractivity contribution in [3.8, 4) is 0 Å². The number of carbonyl (C=O) groups excluding carboxylic acids is 3. The number of hydrogen-bond donors (Lipinski definition) is 0. The van der Waals surface area contributed by atoms with Gasteiger partial charge in [0.1, 0.15) is 13.2 Å². The third-order valence-electron chi connectivity index (χ3n) is 13.9. The first kappa shape index (κ1) is 66.9. The molecule has 0 aromatic rings. The first-order valence-corrected chi connectivity index (χ1v) is 30.8. The molecule has 6 nitrogen and oxygen atoms in total. The number of allylic oxidation sites excluding steroid dienone is 4. The number of unbranched alkanes of at least 4 members (excludes halogenated alkanes) is 42. The van der Waals surface area contributed by atoms with Crippen LogP contribution in [0.2, 0.25) is 0 Å². The monoisotopic (exact) mass is 971 g/mol. The van der Waals surface area contributed by atoms with Crippen molar-refractivity contribution in [3.63, 3.8) is 0 Å². The maximum atomic E-state index is 12.8. The zero-order valence-electron chi connectivity index (χ0n) is 46.6. The van der Waals surface area contributed by atoms with Gasteiger partial charge in [-0.2, -0.15) is 0 Å². The minimum absolute atomic E-state index is 0.0691. The number of esters is 3. The molecular formula is C63H118O6. The van der Waals surface area contributed by atoms with E-state index >= 15 is 0 Å². The first-order valence-electron chi connectivity index (χ1n) is 30.8. The van der Waals surface area contributed by atoms with Crippen LogP contribution in [-0.2, 0) is 28.6 Å². The Morgan fingerprint density at radius 3 is 0.783 bits per heavy atom. The summed E-state index contributed by atoms with van der Waals surface area (Å²) in [7, 11) is 0. The Hall–Kier alpha value is -2.11. The highest BCUT2D eigenvalue weighted by molar-refractivity contribution is 5.71. The summed E-state index contributed by atoms with van der Waals surface area (Å²) in [6, 6.07) is 0. The van der Waals surface area contributed by atoms with Gasteiger partial charge in [0.15, 0.2) is 6.10 Å². The maximum Gasteiger partial charge on any atom is 0.306 e. The molecule has 69 heavy (non-hydrogen) atoms. The lowest BCUT2D eigenvalue weighted by molar-refractivity contribution is -0.167. The minimum Gasteiger partial charge on any atom is -0.462 e. The van der Waals surface area contributed by atoms with Gasteiger partial charge < -0.3 is 14.2 Å². The Morgan fingerprint density at radius 2 is 0.507 bits per heavy atom. The average molecular weight is 972 g/mol. The second kappa shape index (κ2) is 58.5. The molecule has 0 aliphatic carbocycles. The lowest BCUT2D eigenvalue weighted by atomic mass is 10.0. The molecule has 0 amide bonds. The van der Waals surface area contributed by atoms with E-state index in [0.29, 0.717) is 19.3 Å². The largest absolute Gasteiger partial charge is 0.462 e. The van der Waals surface area contributed by atoms with E-state index in [4.69, 9.17) is 14.2 Å². The van der Waals surface area contributed by atoms with Gasteiger partial charge in [0, 0.05) is 19.3 Å². The average Bonchev–Trinajstić information content (AvgIpc) is 3.35. The van der Waals surface area contributed by atoms with Crippen LogP contribution in [0, 0.1) is 0 Å². The molecule has 0 spiro atoms. The zero-order valence-corrected chi connectivity index (χ0v) is 46.6. The molecule has 0 aliphatic heterocycles. The number of hydrogen-bond acceptors (Lipinski definition) is 6. The third kappa shape index (κ3) is 56.7. The van der Waals surface area contributed by atoms with E-state index in [1.54, 1.807) is 0 Å². The topological polar surface area (TPSA) is 78.9 Å². The Morgan fingerprint density at radius 1 is 0.275 bits per heavy atom. The van der Waals surface area contributed by atoms with Crippen LogP contribution in [0.3, 0.4) is 0 Å². The van der Waals surface area contributed by atoms with Gasteiger partial charge >= 0.3 is 17.9 Å². The molecule has 1 atom stereocenters. The molecule has 0 bridgehead atoms. The van der Waals surface area contributed by atoms with Crippen LogP contribution in [0.1, 0.15) is 342 Å². The van der Waals surface area contributed by atoms with E-state index in [2.05, 4.69) is 45.1 Å². The van der Waals surface area contributed by atoms with Crippen molar-refractivity contribution in [2.75, 3.05) is 13.2 Å². The quantitative estimate of drug-likeness (QED) is 0.0261. The fourth-order valence-corrected chi connectivity index (χ4v) is 9.27. The molecule has 0 saturated heterocycles. The zero-order chi connectivity index (χ0) is 50.0. The molecule has 0 aromatic heterocycles. The van der Waals surface area contributed by atoms with Crippen LogP contribution in [0.15, 0.2) is 24.3 Å². The van der Waals surface area contributed by atoms with Crippen LogP contribution in [0.5, 0.6) is 0 Å².